The van der Waals surface area contributed by atoms with Crippen LogP contribution >= 0.6 is 0 Å². The molecule has 0 spiro atoms. The Hall–Kier alpha value is -2.76. The number of hydrogen-bond acceptors (Lipinski definition) is 3. The Kier molecular flexibility index (Phi) is 6.07. The molecule has 28 heavy (non-hydrogen) atoms. The number of rotatable bonds is 6. The summed E-state index contributed by atoms with van der Waals surface area (Å²) < 4.78 is 31.7. The molecule has 6 heteroatoms. The quantitative estimate of drug-likeness (QED) is 0.762. The summed E-state index contributed by atoms with van der Waals surface area (Å²) in [7, 11) is 0. The molecule has 2 aromatic carbocycles. The molecule has 1 fully saturated rings. The molecular weight excluding hydrogens is 364 g/mol. The Bertz CT molecular complexity index is 828. The minimum Gasteiger partial charge on any atom is -0.452 e. The summed E-state index contributed by atoms with van der Waals surface area (Å²) >= 11 is 0. The fourth-order valence-electron chi connectivity index (χ4n) is 3.62. The molecule has 1 aliphatic rings. The fourth-order valence-corrected chi connectivity index (χ4v) is 3.62. The van der Waals surface area contributed by atoms with Gasteiger partial charge in [-0.3, -0.25) is 9.59 Å². The van der Waals surface area contributed by atoms with Crippen LogP contribution in [0.2, 0.25) is 0 Å². The molecule has 0 aromatic heterocycles. The lowest BCUT2D eigenvalue weighted by Crippen LogP contribution is -2.41. The molecular formula is C22H23F2NO3. The van der Waals surface area contributed by atoms with Gasteiger partial charge in [0.1, 0.15) is 11.6 Å². The van der Waals surface area contributed by atoms with Crippen molar-refractivity contribution in [2.45, 2.75) is 50.7 Å². The minimum atomic E-state index is -0.967. The number of esters is 1. The molecule has 3 rings (SSSR count). The highest BCUT2D eigenvalue weighted by Gasteiger charge is 2.45. The normalized spacial score (nSPS) is 16.4. The van der Waals surface area contributed by atoms with E-state index in [0.29, 0.717) is 12.8 Å². The molecule has 0 heterocycles. The van der Waals surface area contributed by atoms with Gasteiger partial charge >= 0.3 is 5.97 Å². The van der Waals surface area contributed by atoms with E-state index in [1.54, 1.807) is 24.3 Å². The van der Waals surface area contributed by atoms with Gasteiger partial charge in [0.2, 0.25) is 0 Å². The highest BCUT2D eigenvalue weighted by atomic mass is 19.1. The first kappa shape index (κ1) is 20.0. The predicted octanol–water partition coefficient (Wildman–Crippen LogP) is 4.02. The summed E-state index contributed by atoms with van der Waals surface area (Å²) in [6.45, 7) is 1.73. The Morgan fingerprint density at radius 3 is 2.11 bits per heavy atom. The molecule has 148 valence electrons. The van der Waals surface area contributed by atoms with E-state index in [9.17, 15) is 18.4 Å². The van der Waals surface area contributed by atoms with Crippen molar-refractivity contribution in [2.24, 2.45) is 0 Å². The van der Waals surface area contributed by atoms with Gasteiger partial charge < -0.3 is 10.1 Å². The van der Waals surface area contributed by atoms with Crippen molar-refractivity contribution in [3.05, 3.63) is 71.3 Å². The second-order valence-corrected chi connectivity index (χ2v) is 7.19. The molecule has 0 bridgehead atoms. The van der Waals surface area contributed by atoms with Gasteiger partial charge in [-0.15, -0.1) is 0 Å². The molecule has 0 saturated heterocycles. The van der Waals surface area contributed by atoms with Crippen molar-refractivity contribution in [2.75, 3.05) is 0 Å². The second kappa shape index (κ2) is 8.50. The summed E-state index contributed by atoms with van der Waals surface area (Å²) in [4.78, 5) is 25.2. The smallest absolute Gasteiger partial charge is 0.317 e. The SMILES string of the molecule is C[C@@H](OC(=O)C1(c2ccc(F)cc2)CCCC1)C(=O)NCc1ccc(F)cc1. The van der Waals surface area contributed by atoms with Crippen LogP contribution in [0.15, 0.2) is 48.5 Å². The van der Waals surface area contributed by atoms with Gasteiger partial charge in [-0.05, 0) is 55.2 Å². The summed E-state index contributed by atoms with van der Waals surface area (Å²) in [5.74, 6) is -1.59. The largest absolute Gasteiger partial charge is 0.452 e. The van der Waals surface area contributed by atoms with Gasteiger partial charge in [0.05, 0.1) is 5.41 Å². The van der Waals surface area contributed by atoms with Crippen LogP contribution in [-0.2, 0) is 26.3 Å². The maximum absolute atomic E-state index is 13.3. The molecule has 1 amide bonds. The lowest BCUT2D eigenvalue weighted by Gasteiger charge is -2.28. The molecule has 1 atom stereocenters. The first-order chi connectivity index (χ1) is 13.4. The van der Waals surface area contributed by atoms with E-state index in [-0.39, 0.29) is 18.2 Å². The third-order valence-electron chi connectivity index (χ3n) is 5.28. The van der Waals surface area contributed by atoms with Gasteiger partial charge in [0.15, 0.2) is 6.10 Å². The van der Waals surface area contributed by atoms with Crippen molar-refractivity contribution in [1.82, 2.24) is 5.32 Å². The monoisotopic (exact) mass is 387 g/mol. The van der Waals surface area contributed by atoms with E-state index in [2.05, 4.69) is 5.32 Å². The van der Waals surface area contributed by atoms with Gasteiger partial charge in [0.25, 0.3) is 5.91 Å². The van der Waals surface area contributed by atoms with Crippen LogP contribution in [0.3, 0.4) is 0 Å². The van der Waals surface area contributed by atoms with E-state index in [1.807, 2.05) is 0 Å². The van der Waals surface area contributed by atoms with Crippen LogP contribution in [0.5, 0.6) is 0 Å². The van der Waals surface area contributed by atoms with Crippen molar-refractivity contribution < 1.29 is 23.1 Å². The Morgan fingerprint density at radius 2 is 1.54 bits per heavy atom. The van der Waals surface area contributed by atoms with Gasteiger partial charge in [-0.2, -0.15) is 0 Å². The Morgan fingerprint density at radius 1 is 1.00 bits per heavy atom. The van der Waals surface area contributed by atoms with Crippen molar-refractivity contribution in [3.8, 4) is 0 Å². The zero-order chi connectivity index (χ0) is 20.1. The molecule has 0 unspecified atom stereocenters. The van der Waals surface area contributed by atoms with Crippen LogP contribution in [0.25, 0.3) is 0 Å². The molecule has 1 saturated carbocycles. The molecule has 0 radical (unpaired) electrons. The van der Waals surface area contributed by atoms with Gasteiger partial charge in [-0.1, -0.05) is 37.1 Å². The van der Waals surface area contributed by atoms with Crippen LogP contribution < -0.4 is 5.32 Å². The van der Waals surface area contributed by atoms with E-state index in [4.69, 9.17) is 4.74 Å². The number of benzene rings is 2. The second-order valence-electron chi connectivity index (χ2n) is 7.19. The maximum atomic E-state index is 13.3. The van der Waals surface area contributed by atoms with Crippen LogP contribution in [0, 0.1) is 11.6 Å². The van der Waals surface area contributed by atoms with E-state index >= 15 is 0 Å². The summed E-state index contributed by atoms with van der Waals surface area (Å²) in [5.41, 5.74) is 0.626. The van der Waals surface area contributed by atoms with Crippen molar-refractivity contribution in [3.63, 3.8) is 0 Å². The first-order valence-corrected chi connectivity index (χ1v) is 9.40. The summed E-state index contributed by atoms with van der Waals surface area (Å²) in [6, 6.07) is 11.7. The molecule has 4 nitrogen and oxygen atoms in total. The molecule has 0 aliphatic heterocycles. The molecule has 1 aliphatic carbocycles. The number of amides is 1. The van der Waals surface area contributed by atoms with Crippen molar-refractivity contribution >= 4 is 11.9 Å². The number of halogens is 2. The van der Waals surface area contributed by atoms with Crippen LogP contribution in [0.4, 0.5) is 8.78 Å². The highest BCUT2D eigenvalue weighted by molar-refractivity contribution is 5.88. The summed E-state index contributed by atoms with van der Waals surface area (Å²) in [5, 5.41) is 2.69. The minimum absolute atomic E-state index is 0.212. The Balaban J connectivity index is 1.63. The number of hydrogen-bond donors (Lipinski definition) is 1. The van der Waals surface area contributed by atoms with E-state index in [1.165, 1.54) is 31.2 Å². The zero-order valence-electron chi connectivity index (χ0n) is 15.7. The molecule has 2 aromatic rings. The number of carbonyl (C=O) groups is 2. The fraction of sp³-hybridized carbons (Fsp3) is 0.364. The predicted molar refractivity (Wildman–Crippen MR) is 100 cm³/mol. The standard InChI is InChI=1S/C22H23F2NO3/c1-15(20(26)25-14-16-4-8-18(23)9-5-16)28-21(27)22(12-2-3-13-22)17-6-10-19(24)11-7-17/h4-11,15H,2-3,12-14H2,1H3,(H,25,26)/t15-/m1/s1. The van der Waals surface area contributed by atoms with Crippen LogP contribution in [0.1, 0.15) is 43.7 Å². The average molecular weight is 387 g/mol. The Labute approximate surface area is 162 Å². The zero-order valence-corrected chi connectivity index (χ0v) is 15.7. The maximum Gasteiger partial charge on any atom is 0.317 e. The van der Waals surface area contributed by atoms with Gasteiger partial charge in [0, 0.05) is 6.54 Å². The third kappa shape index (κ3) is 4.38. The van der Waals surface area contributed by atoms with E-state index in [0.717, 1.165) is 24.0 Å². The highest BCUT2D eigenvalue weighted by Crippen LogP contribution is 2.42. The number of ether oxygens (including phenoxy) is 1. The number of carbonyl (C=O) groups excluding carboxylic acids is 2. The van der Waals surface area contributed by atoms with E-state index < -0.39 is 23.4 Å². The van der Waals surface area contributed by atoms with Gasteiger partial charge in [-0.25, -0.2) is 8.78 Å². The van der Waals surface area contributed by atoms with Crippen LogP contribution in [-0.4, -0.2) is 18.0 Å². The number of nitrogens with one attached hydrogen (secondary N) is 1. The first-order valence-electron chi connectivity index (χ1n) is 9.40. The average Bonchev–Trinajstić information content (AvgIpc) is 3.19. The lowest BCUT2D eigenvalue weighted by atomic mass is 9.79. The topological polar surface area (TPSA) is 55.4 Å². The molecule has 1 N–H and O–H groups in total. The summed E-state index contributed by atoms with van der Waals surface area (Å²) in [6.07, 6.45) is 2.00. The lowest BCUT2D eigenvalue weighted by molar-refractivity contribution is -0.160. The van der Waals surface area contributed by atoms with Crippen molar-refractivity contribution in [1.29, 1.82) is 0 Å². The third-order valence-corrected chi connectivity index (χ3v) is 5.28.